The fourth-order valence-electron chi connectivity index (χ4n) is 2.75. The van der Waals surface area contributed by atoms with Gasteiger partial charge in [-0.05, 0) is 51.5 Å². The number of rotatable bonds is 2. The van der Waals surface area contributed by atoms with Gasteiger partial charge in [-0.25, -0.2) is 9.89 Å². The highest BCUT2D eigenvalue weighted by Gasteiger charge is 2.17. The molecule has 1 heterocycles. The minimum Gasteiger partial charge on any atom is -0.444 e. The van der Waals surface area contributed by atoms with Crippen LogP contribution in [0.4, 0.5) is 10.5 Å². The number of ether oxygens (including phenoxy) is 1. The molecule has 2 N–H and O–H groups in total. The number of H-pyrrole nitrogens is 1. The Bertz CT molecular complexity index is 1030. The van der Waals surface area contributed by atoms with Crippen LogP contribution in [0.5, 0.6) is 0 Å². The van der Waals surface area contributed by atoms with Crippen LogP contribution >= 0.6 is 0 Å². The quantitative estimate of drug-likeness (QED) is 0.723. The monoisotopic (exact) mass is 351 g/mol. The number of aromatic amines is 1. The van der Waals surface area contributed by atoms with E-state index in [1.54, 1.807) is 12.1 Å². The molecule has 6 nitrogen and oxygen atoms in total. The highest BCUT2D eigenvalue weighted by Crippen LogP contribution is 2.29. The number of hydrogen-bond donors (Lipinski definition) is 2. The maximum absolute atomic E-state index is 12.0. The van der Waals surface area contributed by atoms with Gasteiger partial charge in [0.25, 0.3) is 5.56 Å². The van der Waals surface area contributed by atoms with E-state index in [-0.39, 0.29) is 5.56 Å². The molecule has 0 saturated carbocycles. The third-order valence-electron chi connectivity index (χ3n) is 3.82. The van der Waals surface area contributed by atoms with Crippen LogP contribution in [-0.2, 0) is 4.74 Å². The molecule has 6 heteroatoms. The molecule has 134 valence electrons. The van der Waals surface area contributed by atoms with E-state index in [1.807, 2.05) is 58.0 Å². The Morgan fingerprint density at radius 2 is 1.81 bits per heavy atom. The van der Waals surface area contributed by atoms with Gasteiger partial charge in [-0.15, -0.1) is 0 Å². The summed E-state index contributed by atoms with van der Waals surface area (Å²) in [6, 6.07) is 12.8. The normalized spacial score (nSPS) is 11.4. The zero-order valence-corrected chi connectivity index (χ0v) is 15.2. The Labute approximate surface area is 151 Å². The van der Waals surface area contributed by atoms with E-state index in [0.717, 1.165) is 16.5 Å². The van der Waals surface area contributed by atoms with Crippen molar-refractivity contribution in [2.24, 2.45) is 0 Å². The van der Waals surface area contributed by atoms with E-state index in [2.05, 4.69) is 15.5 Å². The highest BCUT2D eigenvalue weighted by atomic mass is 16.6. The summed E-state index contributed by atoms with van der Waals surface area (Å²) in [5.41, 5.74) is 2.36. The molecule has 0 fully saturated rings. The first kappa shape index (κ1) is 17.7. The van der Waals surface area contributed by atoms with Crippen molar-refractivity contribution in [3.05, 3.63) is 58.4 Å². The number of amides is 1. The molecule has 3 aromatic rings. The molecule has 0 unspecified atom stereocenters. The molecule has 1 aromatic heterocycles. The third kappa shape index (κ3) is 3.74. The third-order valence-corrected chi connectivity index (χ3v) is 3.82. The summed E-state index contributed by atoms with van der Waals surface area (Å²) >= 11 is 0. The van der Waals surface area contributed by atoms with E-state index in [4.69, 9.17) is 4.74 Å². The van der Waals surface area contributed by atoms with Crippen molar-refractivity contribution in [3.63, 3.8) is 0 Å². The second kappa shape index (κ2) is 6.63. The average Bonchev–Trinajstić information content (AvgIpc) is 2.54. The van der Waals surface area contributed by atoms with E-state index >= 15 is 0 Å². The highest BCUT2D eigenvalue weighted by molar-refractivity contribution is 5.95. The summed E-state index contributed by atoms with van der Waals surface area (Å²) in [7, 11) is 0. The zero-order chi connectivity index (χ0) is 18.9. The molecular weight excluding hydrogens is 330 g/mol. The van der Waals surface area contributed by atoms with Gasteiger partial charge in [0.15, 0.2) is 0 Å². The lowest BCUT2D eigenvalue weighted by Crippen LogP contribution is -2.27. The molecule has 0 spiro atoms. The van der Waals surface area contributed by atoms with E-state index < -0.39 is 11.7 Å². The maximum atomic E-state index is 12.0. The van der Waals surface area contributed by atoms with Gasteiger partial charge in [0.2, 0.25) is 0 Å². The number of aryl methyl sites for hydroxylation is 1. The standard InChI is InChI=1S/C20H21N3O3/c1-12-11-13(21-19(25)26-20(2,3)4)9-10-14(12)17-15-7-5-6-8-16(15)18(24)23-22-17/h5-11H,1-4H3,(H,21,25)(H,23,24). The first-order valence-electron chi connectivity index (χ1n) is 8.33. The van der Waals surface area contributed by atoms with Gasteiger partial charge in [0.1, 0.15) is 5.60 Å². The molecule has 0 radical (unpaired) electrons. The summed E-state index contributed by atoms with van der Waals surface area (Å²) < 4.78 is 5.27. The zero-order valence-electron chi connectivity index (χ0n) is 15.2. The van der Waals surface area contributed by atoms with Gasteiger partial charge in [0.05, 0.1) is 11.1 Å². The Morgan fingerprint density at radius 1 is 1.12 bits per heavy atom. The molecule has 3 rings (SSSR count). The van der Waals surface area contributed by atoms with Crippen molar-refractivity contribution in [3.8, 4) is 11.3 Å². The summed E-state index contributed by atoms with van der Waals surface area (Å²) in [6.07, 6.45) is -0.503. The van der Waals surface area contributed by atoms with Crippen molar-refractivity contribution in [2.75, 3.05) is 5.32 Å². The molecule has 0 bridgehead atoms. The smallest absolute Gasteiger partial charge is 0.412 e. The molecule has 26 heavy (non-hydrogen) atoms. The van der Waals surface area contributed by atoms with Crippen molar-refractivity contribution >= 4 is 22.6 Å². The van der Waals surface area contributed by atoms with Gasteiger partial charge in [-0.2, -0.15) is 5.10 Å². The van der Waals surface area contributed by atoms with Crippen LogP contribution < -0.4 is 10.9 Å². The van der Waals surface area contributed by atoms with E-state index in [9.17, 15) is 9.59 Å². The van der Waals surface area contributed by atoms with Gasteiger partial charge < -0.3 is 4.74 Å². The molecule has 0 aliphatic heterocycles. The molecule has 0 saturated heterocycles. The maximum Gasteiger partial charge on any atom is 0.412 e. The summed E-state index contributed by atoms with van der Waals surface area (Å²) in [6.45, 7) is 7.37. The van der Waals surface area contributed by atoms with E-state index in [1.165, 1.54) is 0 Å². The fraction of sp³-hybridized carbons (Fsp3) is 0.250. The number of nitrogens with zero attached hydrogens (tertiary/aromatic N) is 1. The lowest BCUT2D eigenvalue weighted by molar-refractivity contribution is 0.0636. The second-order valence-electron chi connectivity index (χ2n) is 7.10. The van der Waals surface area contributed by atoms with Crippen LogP contribution in [0.25, 0.3) is 22.0 Å². The number of fused-ring (bicyclic) bond motifs is 1. The Kier molecular flexibility index (Phi) is 4.50. The largest absolute Gasteiger partial charge is 0.444 e. The summed E-state index contributed by atoms with van der Waals surface area (Å²) in [5.74, 6) is 0. The predicted molar refractivity (Wildman–Crippen MR) is 102 cm³/mol. The number of benzene rings is 2. The second-order valence-corrected chi connectivity index (χ2v) is 7.10. The molecule has 0 aliphatic rings. The first-order valence-corrected chi connectivity index (χ1v) is 8.33. The van der Waals surface area contributed by atoms with Gasteiger partial charge in [0, 0.05) is 16.6 Å². The number of carbonyl (C=O) groups excluding carboxylic acids is 1. The summed E-state index contributed by atoms with van der Waals surface area (Å²) in [4.78, 5) is 23.9. The van der Waals surface area contributed by atoms with Gasteiger partial charge >= 0.3 is 6.09 Å². The number of hydrogen-bond acceptors (Lipinski definition) is 4. The molecule has 2 aromatic carbocycles. The lowest BCUT2D eigenvalue weighted by Gasteiger charge is -2.20. The Morgan fingerprint density at radius 3 is 2.46 bits per heavy atom. The van der Waals surface area contributed by atoms with Crippen LogP contribution in [0.1, 0.15) is 26.3 Å². The van der Waals surface area contributed by atoms with Crippen molar-refractivity contribution < 1.29 is 9.53 Å². The number of nitrogens with one attached hydrogen (secondary N) is 2. The number of carbonyl (C=O) groups is 1. The van der Waals surface area contributed by atoms with Crippen LogP contribution in [0, 0.1) is 6.92 Å². The van der Waals surface area contributed by atoms with Gasteiger partial charge in [-0.3, -0.25) is 10.1 Å². The van der Waals surface area contributed by atoms with Crippen LogP contribution in [-0.4, -0.2) is 21.9 Å². The summed E-state index contributed by atoms with van der Waals surface area (Å²) in [5, 5.41) is 10.9. The predicted octanol–water partition coefficient (Wildman–Crippen LogP) is 4.25. The SMILES string of the molecule is Cc1cc(NC(=O)OC(C)(C)C)ccc1-c1n[nH]c(=O)c2ccccc12. The van der Waals surface area contributed by atoms with Crippen LogP contribution in [0.3, 0.4) is 0 Å². The van der Waals surface area contributed by atoms with Crippen LogP contribution in [0.15, 0.2) is 47.3 Å². The minimum atomic E-state index is -0.558. The number of anilines is 1. The average molecular weight is 351 g/mol. The van der Waals surface area contributed by atoms with Crippen molar-refractivity contribution in [2.45, 2.75) is 33.3 Å². The molecular formula is C20H21N3O3. The fourth-order valence-corrected chi connectivity index (χ4v) is 2.75. The molecule has 0 atom stereocenters. The van der Waals surface area contributed by atoms with E-state index in [0.29, 0.717) is 16.8 Å². The minimum absolute atomic E-state index is 0.217. The van der Waals surface area contributed by atoms with Crippen molar-refractivity contribution in [1.82, 2.24) is 10.2 Å². The van der Waals surface area contributed by atoms with Crippen molar-refractivity contribution in [1.29, 1.82) is 0 Å². The lowest BCUT2D eigenvalue weighted by atomic mass is 10.0. The molecule has 0 aliphatic carbocycles. The van der Waals surface area contributed by atoms with Gasteiger partial charge in [-0.1, -0.05) is 24.3 Å². The molecule has 1 amide bonds. The number of aromatic nitrogens is 2. The Balaban J connectivity index is 1.95. The van der Waals surface area contributed by atoms with Crippen LogP contribution in [0.2, 0.25) is 0 Å². The Hall–Kier alpha value is -3.15. The topological polar surface area (TPSA) is 84.1 Å². The first-order chi connectivity index (χ1) is 12.2.